The van der Waals surface area contributed by atoms with Crippen LogP contribution in [0.4, 0.5) is 0 Å². The molecule has 6 aromatic rings. The lowest BCUT2D eigenvalue weighted by atomic mass is 9.97. The molecular formula is C36H30O3. The molecule has 6 rings (SSSR count). The molecule has 0 bridgehead atoms. The average Bonchev–Trinajstić information content (AvgIpc) is 2.97. The first kappa shape index (κ1) is 24.6. The Hall–Kier alpha value is -4.76. The monoisotopic (exact) mass is 510 g/mol. The highest BCUT2D eigenvalue weighted by Crippen LogP contribution is 2.37. The fourth-order valence-corrected chi connectivity index (χ4v) is 5.32. The van der Waals surface area contributed by atoms with Crippen molar-refractivity contribution in [2.45, 2.75) is 25.7 Å². The second-order valence-electron chi connectivity index (χ2n) is 9.98. The molecule has 0 aliphatic rings. The van der Waals surface area contributed by atoms with E-state index in [4.69, 9.17) is 4.74 Å². The molecule has 0 spiro atoms. The number of aromatic hydroxyl groups is 2. The Morgan fingerprint density at radius 1 is 0.410 bits per heavy atom. The highest BCUT2D eigenvalue weighted by atomic mass is 16.5. The third-order valence-corrected chi connectivity index (χ3v) is 7.37. The van der Waals surface area contributed by atoms with Crippen molar-refractivity contribution in [2.75, 3.05) is 0 Å². The third kappa shape index (κ3) is 5.44. The van der Waals surface area contributed by atoms with Crippen molar-refractivity contribution in [3.8, 4) is 23.0 Å². The van der Waals surface area contributed by atoms with Gasteiger partial charge in [0.05, 0.1) is 0 Å². The Bertz CT molecular complexity index is 1740. The zero-order chi connectivity index (χ0) is 26.6. The van der Waals surface area contributed by atoms with E-state index >= 15 is 0 Å². The van der Waals surface area contributed by atoms with Crippen molar-refractivity contribution in [1.82, 2.24) is 0 Å². The molecule has 0 aliphatic heterocycles. The molecule has 6 aromatic carbocycles. The quantitative estimate of drug-likeness (QED) is 0.215. The van der Waals surface area contributed by atoms with Gasteiger partial charge >= 0.3 is 0 Å². The Morgan fingerprint density at radius 2 is 1.00 bits per heavy atom. The smallest absolute Gasteiger partial charge is 0.128 e. The maximum absolute atomic E-state index is 10.7. The minimum Gasteiger partial charge on any atom is -0.507 e. The number of benzene rings is 6. The van der Waals surface area contributed by atoms with Crippen LogP contribution in [0, 0.1) is 0 Å². The van der Waals surface area contributed by atoms with Crippen LogP contribution in [0.2, 0.25) is 0 Å². The predicted octanol–water partition coefficient (Wildman–Crippen LogP) is 8.77. The zero-order valence-corrected chi connectivity index (χ0v) is 21.7. The molecule has 0 fully saturated rings. The number of rotatable bonds is 8. The summed E-state index contributed by atoms with van der Waals surface area (Å²) in [6, 6.07) is 40.1. The minimum absolute atomic E-state index is 0.234. The Balaban J connectivity index is 1.30. The first-order valence-electron chi connectivity index (χ1n) is 13.4. The minimum atomic E-state index is 0.234. The van der Waals surface area contributed by atoms with E-state index in [0.29, 0.717) is 11.5 Å². The van der Waals surface area contributed by atoms with Crippen LogP contribution in [0.3, 0.4) is 0 Å². The first-order chi connectivity index (χ1) is 19.1. The summed E-state index contributed by atoms with van der Waals surface area (Å²) >= 11 is 0. The fourth-order valence-electron chi connectivity index (χ4n) is 5.32. The summed E-state index contributed by atoms with van der Waals surface area (Å²) in [4.78, 5) is 0. The predicted molar refractivity (Wildman–Crippen MR) is 159 cm³/mol. The maximum atomic E-state index is 10.7. The molecule has 0 aliphatic carbocycles. The van der Waals surface area contributed by atoms with Crippen molar-refractivity contribution in [3.63, 3.8) is 0 Å². The van der Waals surface area contributed by atoms with E-state index in [9.17, 15) is 10.2 Å². The van der Waals surface area contributed by atoms with Crippen molar-refractivity contribution < 1.29 is 14.9 Å². The van der Waals surface area contributed by atoms with Crippen LogP contribution in [-0.4, -0.2) is 10.2 Å². The second kappa shape index (κ2) is 10.9. The van der Waals surface area contributed by atoms with Gasteiger partial charge in [-0.3, -0.25) is 0 Å². The van der Waals surface area contributed by atoms with Gasteiger partial charge in [0, 0.05) is 10.8 Å². The summed E-state index contributed by atoms with van der Waals surface area (Å²) in [6.07, 6.45) is 3.54. The number of phenols is 2. The standard InChI is InChI=1S/C36H30O3/c37-35-13-7-12-31-28(17-15-26-10-5-2-6-11-26)22-30(24-34(31)35)39-29-19-20-32-27(18-21-36(38)33(32)23-29)16-14-25-8-3-1-4-9-25/h1-13,18-24,37-38H,14-17H2. The average molecular weight is 511 g/mol. The molecular weight excluding hydrogens is 480 g/mol. The molecule has 192 valence electrons. The normalized spacial score (nSPS) is 11.2. The van der Waals surface area contributed by atoms with E-state index in [1.807, 2.05) is 54.6 Å². The van der Waals surface area contributed by atoms with E-state index in [1.165, 1.54) is 16.7 Å². The lowest BCUT2D eigenvalue weighted by Gasteiger charge is -2.14. The van der Waals surface area contributed by atoms with Gasteiger partial charge < -0.3 is 14.9 Å². The number of ether oxygens (including phenoxy) is 1. The molecule has 0 unspecified atom stereocenters. The first-order valence-corrected chi connectivity index (χ1v) is 13.4. The summed E-state index contributed by atoms with van der Waals surface area (Å²) < 4.78 is 6.34. The molecule has 0 aromatic heterocycles. The van der Waals surface area contributed by atoms with Gasteiger partial charge in [0.25, 0.3) is 0 Å². The zero-order valence-electron chi connectivity index (χ0n) is 21.7. The van der Waals surface area contributed by atoms with E-state index in [-0.39, 0.29) is 11.5 Å². The third-order valence-electron chi connectivity index (χ3n) is 7.37. The van der Waals surface area contributed by atoms with Gasteiger partial charge in [0.15, 0.2) is 0 Å². The highest BCUT2D eigenvalue weighted by molar-refractivity contribution is 5.93. The fraction of sp³-hybridized carbons (Fsp3) is 0.111. The maximum Gasteiger partial charge on any atom is 0.128 e. The molecule has 0 atom stereocenters. The highest BCUT2D eigenvalue weighted by Gasteiger charge is 2.12. The Morgan fingerprint density at radius 3 is 1.69 bits per heavy atom. The van der Waals surface area contributed by atoms with Crippen LogP contribution < -0.4 is 4.74 Å². The van der Waals surface area contributed by atoms with Crippen molar-refractivity contribution in [1.29, 1.82) is 0 Å². The molecule has 0 saturated heterocycles. The Kier molecular flexibility index (Phi) is 6.88. The summed E-state index contributed by atoms with van der Waals surface area (Å²) in [5.41, 5.74) is 4.87. The van der Waals surface area contributed by atoms with Crippen LogP contribution >= 0.6 is 0 Å². The van der Waals surface area contributed by atoms with Crippen LogP contribution in [0.1, 0.15) is 22.3 Å². The summed E-state index contributed by atoms with van der Waals surface area (Å²) in [6.45, 7) is 0. The summed E-state index contributed by atoms with van der Waals surface area (Å²) in [5.74, 6) is 1.77. The van der Waals surface area contributed by atoms with Crippen molar-refractivity contribution in [2.24, 2.45) is 0 Å². The molecule has 0 heterocycles. The number of fused-ring (bicyclic) bond motifs is 2. The van der Waals surface area contributed by atoms with Gasteiger partial charge in [-0.25, -0.2) is 0 Å². The number of phenolic OH excluding ortho intramolecular Hbond substituents is 2. The van der Waals surface area contributed by atoms with Gasteiger partial charge in [-0.2, -0.15) is 0 Å². The van der Waals surface area contributed by atoms with Gasteiger partial charge in [0.1, 0.15) is 23.0 Å². The van der Waals surface area contributed by atoms with E-state index in [1.54, 1.807) is 12.1 Å². The Labute approximate surface area is 228 Å². The van der Waals surface area contributed by atoms with E-state index in [0.717, 1.165) is 52.8 Å². The van der Waals surface area contributed by atoms with Gasteiger partial charge in [-0.05, 0) is 95.1 Å². The van der Waals surface area contributed by atoms with Crippen LogP contribution in [0.25, 0.3) is 21.5 Å². The summed E-state index contributed by atoms with van der Waals surface area (Å²) in [7, 11) is 0. The molecule has 0 radical (unpaired) electrons. The molecule has 2 N–H and O–H groups in total. The SMILES string of the molecule is Oc1ccc(CCc2ccccc2)c2ccc(Oc3cc(CCc4ccccc4)c4cccc(O)c4c3)cc12. The van der Waals surface area contributed by atoms with Crippen LogP contribution in [0.15, 0.2) is 121 Å². The molecule has 3 heteroatoms. The van der Waals surface area contributed by atoms with Gasteiger partial charge in [-0.15, -0.1) is 0 Å². The number of hydrogen-bond donors (Lipinski definition) is 2. The van der Waals surface area contributed by atoms with Crippen LogP contribution in [-0.2, 0) is 25.7 Å². The lowest BCUT2D eigenvalue weighted by molar-refractivity contribution is 0.474. The number of aryl methyl sites for hydroxylation is 4. The van der Waals surface area contributed by atoms with Gasteiger partial charge in [0.2, 0.25) is 0 Å². The lowest BCUT2D eigenvalue weighted by Crippen LogP contribution is -1.95. The van der Waals surface area contributed by atoms with Crippen molar-refractivity contribution in [3.05, 3.63) is 144 Å². The second-order valence-corrected chi connectivity index (χ2v) is 9.98. The molecule has 3 nitrogen and oxygen atoms in total. The molecule has 39 heavy (non-hydrogen) atoms. The summed E-state index contributed by atoms with van der Waals surface area (Å²) in [5, 5.41) is 24.9. The number of hydrogen-bond acceptors (Lipinski definition) is 3. The van der Waals surface area contributed by atoms with Crippen molar-refractivity contribution >= 4 is 21.5 Å². The molecule has 0 saturated carbocycles. The molecule has 0 amide bonds. The van der Waals surface area contributed by atoms with Gasteiger partial charge in [-0.1, -0.05) is 84.9 Å². The topological polar surface area (TPSA) is 49.7 Å². The van der Waals surface area contributed by atoms with E-state index < -0.39 is 0 Å². The van der Waals surface area contributed by atoms with Crippen LogP contribution in [0.5, 0.6) is 23.0 Å². The largest absolute Gasteiger partial charge is 0.507 e. The van der Waals surface area contributed by atoms with E-state index in [2.05, 4.69) is 54.6 Å².